The molecule has 4 rings (SSSR count). The van der Waals surface area contributed by atoms with Gasteiger partial charge in [0.05, 0.1) is 29.6 Å². The maximum absolute atomic E-state index is 13.3. The Bertz CT molecular complexity index is 1300. The second-order valence-electron chi connectivity index (χ2n) is 10.3. The smallest absolute Gasteiger partial charge is 0.413 e. The lowest BCUT2D eigenvalue weighted by Crippen LogP contribution is -2.46. The second-order valence-corrected chi connectivity index (χ2v) is 10.3. The Morgan fingerprint density at radius 1 is 1.11 bits per heavy atom. The summed E-state index contributed by atoms with van der Waals surface area (Å²) in [4.78, 5) is 44.1. The molecule has 1 aliphatic rings. The lowest BCUT2D eigenvalue weighted by Gasteiger charge is -2.38. The van der Waals surface area contributed by atoms with Crippen molar-refractivity contribution >= 4 is 40.3 Å². The van der Waals surface area contributed by atoms with E-state index in [4.69, 9.17) is 4.74 Å². The zero-order valence-corrected chi connectivity index (χ0v) is 21.2. The van der Waals surface area contributed by atoms with Crippen LogP contribution in [0.3, 0.4) is 0 Å². The number of aryl methyl sites for hydroxylation is 1. The molecule has 0 bridgehead atoms. The van der Waals surface area contributed by atoms with E-state index in [9.17, 15) is 14.4 Å². The second kappa shape index (κ2) is 9.96. The van der Waals surface area contributed by atoms with Gasteiger partial charge >= 0.3 is 17.9 Å². The summed E-state index contributed by atoms with van der Waals surface area (Å²) in [5, 5.41) is 13.2. The van der Waals surface area contributed by atoms with Crippen molar-refractivity contribution < 1.29 is 19.1 Å². The first-order chi connectivity index (χ1) is 17.0. The van der Waals surface area contributed by atoms with E-state index in [0.29, 0.717) is 23.6 Å². The average molecular weight is 493 g/mol. The molecule has 10 heteroatoms. The Hall–Kier alpha value is -3.95. The number of rotatable bonds is 3. The van der Waals surface area contributed by atoms with Crippen molar-refractivity contribution in [2.45, 2.75) is 59.1 Å². The van der Waals surface area contributed by atoms with Gasteiger partial charge in [-0.15, -0.1) is 0 Å². The van der Waals surface area contributed by atoms with Gasteiger partial charge in [-0.3, -0.25) is 20.0 Å². The number of ether oxygens (including phenoxy) is 1. The number of piperidine rings is 1. The predicted molar refractivity (Wildman–Crippen MR) is 136 cm³/mol. The number of amides is 3. The van der Waals surface area contributed by atoms with Gasteiger partial charge < -0.3 is 15.0 Å². The highest BCUT2D eigenvalue weighted by molar-refractivity contribution is 6.39. The SMILES string of the molecule is Cc1cc(NC(=O)C(=O)N2CC(C)CCC2c2ccc3[nH]ncc3c2)cnc1NC(=O)OC(C)(C)C. The average Bonchev–Trinajstić information content (AvgIpc) is 3.27. The summed E-state index contributed by atoms with van der Waals surface area (Å²) in [5.74, 6) is -0.717. The van der Waals surface area contributed by atoms with Crippen molar-refractivity contribution in [2.75, 3.05) is 17.2 Å². The van der Waals surface area contributed by atoms with Crippen LogP contribution in [0.25, 0.3) is 10.9 Å². The minimum atomic E-state index is -0.729. The number of aromatic nitrogens is 3. The molecule has 0 saturated carbocycles. The molecule has 2 aromatic heterocycles. The van der Waals surface area contributed by atoms with Gasteiger partial charge in [0, 0.05) is 11.9 Å². The van der Waals surface area contributed by atoms with Crippen LogP contribution in [0.1, 0.15) is 57.7 Å². The molecule has 1 aliphatic heterocycles. The zero-order valence-electron chi connectivity index (χ0n) is 21.2. The molecule has 3 amide bonds. The van der Waals surface area contributed by atoms with Gasteiger partial charge in [-0.25, -0.2) is 9.78 Å². The van der Waals surface area contributed by atoms with Crippen molar-refractivity contribution in [1.29, 1.82) is 0 Å². The Labute approximate surface area is 209 Å². The Balaban J connectivity index is 1.46. The molecule has 3 aromatic rings. The molecule has 190 valence electrons. The molecule has 1 aromatic carbocycles. The van der Waals surface area contributed by atoms with Crippen LogP contribution < -0.4 is 10.6 Å². The molecule has 0 spiro atoms. The summed E-state index contributed by atoms with van der Waals surface area (Å²) in [6.07, 6.45) is 4.27. The highest BCUT2D eigenvalue weighted by atomic mass is 16.6. The van der Waals surface area contributed by atoms with E-state index in [2.05, 4.69) is 32.7 Å². The Kier molecular flexibility index (Phi) is 6.96. The fourth-order valence-electron chi connectivity index (χ4n) is 4.38. The number of nitrogens with zero attached hydrogens (tertiary/aromatic N) is 3. The van der Waals surface area contributed by atoms with E-state index < -0.39 is 23.5 Å². The third-order valence-corrected chi connectivity index (χ3v) is 6.08. The van der Waals surface area contributed by atoms with Gasteiger partial charge in [0.25, 0.3) is 0 Å². The number of benzene rings is 1. The number of fused-ring (bicyclic) bond motifs is 1. The number of H-pyrrole nitrogens is 1. The number of pyridine rings is 1. The number of carbonyl (C=O) groups excluding carboxylic acids is 3. The predicted octanol–water partition coefficient (Wildman–Crippen LogP) is 4.55. The first-order valence-electron chi connectivity index (χ1n) is 12.0. The van der Waals surface area contributed by atoms with E-state index in [1.54, 1.807) is 44.9 Å². The lowest BCUT2D eigenvalue weighted by atomic mass is 9.89. The van der Waals surface area contributed by atoms with Crippen molar-refractivity contribution in [3.8, 4) is 0 Å². The van der Waals surface area contributed by atoms with Gasteiger partial charge in [-0.1, -0.05) is 13.0 Å². The number of carbonyl (C=O) groups is 3. The standard InChI is InChI=1S/C26H32N6O4/c1-15-6-9-21(17-7-8-20-18(11-17)12-28-31-20)32(14-15)24(34)23(33)29-19-10-16(2)22(27-13-19)30-25(35)36-26(3,4)5/h7-8,10-13,15,21H,6,9,14H2,1-5H3,(H,28,31)(H,29,33)(H,27,30,35). The maximum Gasteiger partial charge on any atom is 0.413 e. The third kappa shape index (κ3) is 5.81. The molecular formula is C26H32N6O4. The number of aromatic amines is 1. The zero-order chi connectivity index (χ0) is 26.0. The van der Waals surface area contributed by atoms with E-state index in [0.717, 1.165) is 29.3 Å². The van der Waals surface area contributed by atoms with Gasteiger partial charge in [0.15, 0.2) is 0 Å². The van der Waals surface area contributed by atoms with Crippen molar-refractivity contribution in [1.82, 2.24) is 20.1 Å². The molecule has 1 fully saturated rings. The van der Waals surface area contributed by atoms with Crippen LogP contribution in [-0.2, 0) is 14.3 Å². The molecule has 10 nitrogen and oxygen atoms in total. The van der Waals surface area contributed by atoms with E-state index in [1.165, 1.54) is 6.20 Å². The lowest BCUT2D eigenvalue weighted by molar-refractivity contribution is -0.146. The summed E-state index contributed by atoms with van der Waals surface area (Å²) < 4.78 is 5.25. The molecule has 3 heterocycles. The Morgan fingerprint density at radius 2 is 1.89 bits per heavy atom. The van der Waals surface area contributed by atoms with Gasteiger partial charge in [0.2, 0.25) is 0 Å². The van der Waals surface area contributed by atoms with Crippen LogP contribution in [0.15, 0.2) is 36.7 Å². The molecule has 36 heavy (non-hydrogen) atoms. The topological polar surface area (TPSA) is 129 Å². The van der Waals surface area contributed by atoms with E-state index in [1.807, 2.05) is 18.2 Å². The minimum absolute atomic E-state index is 0.195. The molecule has 0 radical (unpaired) electrons. The maximum atomic E-state index is 13.3. The molecule has 0 aliphatic carbocycles. The fraction of sp³-hybridized carbons (Fsp3) is 0.423. The van der Waals surface area contributed by atoms with Crippen LogP contribution in [0.4, 0.5) is 16.3 Å². The van der Waals surface area contributed by atoms with Crippen LogP contribution in [0.5, 0.6) is 0 Å². The summed E-state index contributed by atoms with van der Waals surface area (Å²) in [6, 6.07) is 7.39. The first kappa shape index (κ1) is 25.2. The van der Waals surface area contributed by atoms with Crippen LogP contribution >= 0.6 is 0 Å². The monoisotopic (exact) mass is 492 g/mol. The minimum Gasteiger partial charge on any atom is -0.444 e. The highest BCUT2D eigenvalue weighted by Crippen LogP contribution is 2.34. The van der Waals surface area contributed by atoms with Gasteiger partial charge in [-0.2, -0.15) is 5.10 Å². The number of hydrogen-bond acceptors (Lipinski definition) is 6. The molecule has 2 unspecified atom stereocenters. The van der Waals surface area contributed by atoms with Crippen LogP contribution in [0, 0.1) is 12.8 Å². The number of hydrogen-bond donors (Lipinski definition) is 3. The third-order valence-electron chi connectivity index (χ3n) is 6.08. The van der Waals surface area contributed by atoms with Gasteiger partial charge in [0.1, 0.15) is 11.4 Å². The Morgan fingerprint density at radius 3 is 2.61 bits per heavy atom. The quantitative estimate of drug-likeness (QED) is 0.460. The van der Waals surface area contributed by atoms with Crippen LogP contribution in [0.2, 0.25) is 0 Å². The summed E-state index contributed by atoms with van der Waals surface area (Å²) in [7, 11) is 0. The van der Waals surface area contributed by atoms with Crippen LogP contribution in [-0.4, -0.2) is 50.1 Å². The molecular weight excluding hydrogens is 460 g/mol. The van der Waals surface area contributed by atoms with Crippen molar-refractivity contribution in [3.63, 3.8) is 0 Å². The normalized spacial score (nSPS) is 18.1. The van der Waals surface area contributed by atoms with Crippen molar-refractivity contribution in [2.24, 2.45) is 5.92 Å². The largest absolute Gasteiger partial charge is 0.444 e. The van der Waals surface area contributed by atoms with Crippen molar-refractivity contribution in [3.05, 3.63) is 47.8 Å². The summed E-state index contributed by atoms with van der Waals surface area (Å²) in [5.41, 5.74) is 2.24. The first-order valence-corrected chi connectivity index (χ1v) is 12.0. The van der Waals surface area contributed by atoms with E-state index >= 15 is 0 Å². The molecule has 1 saturated heterocycles. The highest BCUT2D eigenvalue weighted by Gasteiger charge is 2.34. The number of likely N-dealkylation sites (tertiary alicyclic amines) is 1. The fourth-order valence-corrected chi connectivity index (χ4v) is 4.38. The van der Waals surface area contributed by atoms with E-state index in [-0.39, 0.29) is 12.0 Å². The van der Waals surface area contributed by atoms with Gasteiger partial charge in [-0.05, 0) is 75.8 Å². The number of anilines is 2. The number of nitrogens with one attached hydrogen (secondary N) is 3. The molecule has 2 atom stereocenters. The summed E-state index contributed by atoms with van der Waals surface area (Å²) in [6.45, 7) is 9.63. The summed E-state index contributed by atoms with van der Waals surface area (Å²) >= 11 is 0. The molecule has 3 N–H and O–H groups in total.